The monoisotopic (exact) mass is 1650 g/mol. The molecule has 0 aromatic carbocycles. The minimum Gasteiger partial charge on any atom is -0.481 e. The predicted octanol–water partition coefficient (Wildman–Crippen LogP) is 8.12. The van der Waals surface area contributed by atoms with Crippen molar-refractivity contribution in [3.63, 3.8) is 0 Å². The number of aryl methyl sites for hydroxylation is 3. The number of hydrogen-bond acceptors (Lipinski definition) is 29. The van der Waals surface area contributed by atoms with Crippen molar-refractivity contribution in [1.82, 2.24) is 36.7 Å². The van der Waals surface area contributed by atoms with Crippen LogP contribution in [0.2, 0.25) is 0 Å². The molecule has 1 saturated heterocycles. The summed E-state index contributed by atoms with van der Waals surface area (Å²) in [6.07, 6.45) is 0.359. The standard InChI is InChI=1S/C24H37N3O7.C16H24N2O6.C15H22N2O6.C12H22O4.C7H14O2.C6H12O2.CH4O/c1-13(2)8-17(21(29)24(6)12-33-24)25-22(30)16(14(3)4)10-20(28)19(11-32-7)26-23(31)18-9-15(5)34-27-18;1-9(2)11(16(21)23-5)7-14(19)13(8-22-4)17-15(20)12-6-10(3)24-18-12;1-8(2)10(15(20)21)6-13(18)12(7-22-4)16-14(19)11-5-9(3)23-17-11;1-8(2)10(12(14)16-5)6-11(13)9(3)7-15-4;1-5(2)6(3)7(8)9-4;1-4(2)5(3)6(7)8;1-2/h9,13-14,16-17,19H,8,10-12H2,1-7H3,(H,25,30)(H,26,31);6,9,11,13H,7-8H2,1-5H3,(H,17,20);5,8,10,12H,6-7H2,1-4H3,(H,16,19)(H,20,21);8-10H,6-7H2,1-5H3;5-6H,1-4H3;4-5H,1-3H3,(H,7,8);2H,1H3/t16-,17-,19-,24+;11-,13-;10-,12-;9-,10?;6-;5-;/m000000./s1. The van der Waals surface area contributed by atoms with Crippen LogP contribution in [0.15, 0.2) is 31.8 Å². The first kappa shape index (κ1) is 111. The van der Waals surface area contributed by atoms with Gasteiger partial charge in [-0.2, -0.15) is 0 Å². The summed E-state index contributed by atoms with van der Waals surface area (Å²) in [4.78, 5) is 168. The Morgan fingerprint density at radius 2 is 0.707 bits per heavy atom. The minimum atomic E-state index is -1.04. The molecule has 1 unspecified atom stereocenters. The number of ether oxygens (including phenoxy) is 8. The third-order valence-corrected chi connectivity index (χ3v) is 18.6. The Balaban J connectivity index is -0.00000139. The molecule has 0 radical (unpaired) electrons. The number of nitrogens with one attached hydrogen (secondary N) is 4. The number of carbonyl (C=O) groups is 14. The molecule has 1 aliphatic heterocycles. The maximum atomic E-state index is 13.2. The summed E-state index contributed by atoms with van der Waals surface area (Å²) < 4.78 is 53.8. The second-order valence-corrected chi connectivity index (χ2v) is 30.7. The van der Waals surface area contributed by atoms with Crippen LogP contribution in [0.25, 0.3) is 0 Å². The van der Waals surface area contributed by atoms with Crippen molar-refractivity contribution in [3.05, 3.63) is 52.6 Å². The number of nitrogens with zero attached hydrogens (tertiary/aromatic N) is 3. The number of Topliss-reactive ketones (excluding diaryl/α,β-unsaturated/α-hetero) is 5. The van der Waals surface area contributed by atoms with Crippen LogP contribution in [0.3, 0.4) is 0 Å². The third-order valence-electron chi connectivity index (χ3n) is 18.6. The molecule has 12 atom stereocenters. The number of rotatable bonds is 43. The molecule has 0 aliphatic carbocycles. The molecular weight excluding hydrogens is 1520 g/mol. The summed E-state index contributed by atoms with van der Waals surface area (Å²) in [6.45, 7) is 39.1. The van der Waals surface area contributed by atoms with Crippen LogP contribution in [0.4, 0.5) is 0 Å². The molecule has 7 N–H and O–H groups in total. The van der Waals surface area contributed by atoms with E-state index in [1.54, 1.807) is 62.5 Å². The number of aliphatic carboxylic acids is 2. The Bertz CT molecular complexity index is 3500. The molecule has 4 rings (SSSR count). The van der Waals surface area contributed by atoms with Gasteiger partial charge in [-0.15, -0.1) is 0 Å². The topological polar surface area (TPSA) is 503 Å². The first-order valence-corrected chi connectivity index (χ1v) is 38.4. The number of carboxylic acids is 2. The van der Waals surface area contributed by atoms with Crippen LogP contribution in [-0.4, -0.2) is 233 Å². The summed E-state index contributed by atoms with van der Waals surface area (Å²) in [6, 6.07) is 0.892. The zero-order valence-electron chi connectivity index (χ0n) is 73.6. The fraction of sp³-hybridized carbons (Fsp3) is 0.716. The molecule has 35 heteroatoms. The van der Waals surface area contributed by atoms with Gasteiger partial charge in [0.25, 0.3) is 17.7 Å². The fourth-order valence-electron chi connectivity index (χ4n) is 10.2. The Kier molecular flexibility index (Phi) is 55.5. The molecule has 4 amide bonds. The number of hydrogen-bond donors (Lipinski definition) is 7. The number of amides is 4. The summed E-state index contributed by atoms with van der Waals surface area (Å²) in [5.41, 5.74) is -0.677. The van der Waals surface area contributed by atoms with Gasteiger partial charge < -0.3 is 88.1 Å². The normalized spacial score (nSPS) is 15.4. The number of ketones is 5. The van der Waals surface area contributed by atoms with Crippen LogP contribution < -0.4 is 21.3 Å². The Labute approximate surface area is 682 Å². The van der Waals surface area contributed by atoms with Crippen molar-refractivity contribution in [2.45, 2.75) is 207 Å². The van der Waals surface area contributed by atoms with E-state index >= 15 is 0 Å². The molecule has 1 fully saturated rings. The Morgan fingerprint density at radius 1 is 0.405 bits per heavy atom. The van der Waals surface area contributed by atoms with Gasteiger partial charge in [-0.3, -0.25) is 67.1 Å². The molecule has 1 aliphatic rings. The van der Waals surface area contributed by atoms with E-state index in [1.807, 2.05) is 90.0 Å². The van der Waals surface area contributed by atoms with Crippen LogP contribution in [0.5, 0.6) is 0 Å². The lowest BCUT2D eigenvalue weighted by Crippen LogP contribution is -2.50. The number of aliphatic hydroxyl groups is 1. The van der Waals surface area contributed by atoms with Gasteiger partial charge >= 0.3 is 29.8 Å². The van der Waals surface area contributed by atoms with E-state index in [9.17, 15) is 72.2 Å². The molecule has 3 aromatic heterocycles. The molecule has 0 bridgehead atoms. The molecule has 3 aromatic rings. The molecule has 662 valence electrons. The van der Waals surface area contributed by atoms with Crippen LogP contribution in [0.1, 0.15) is 205 Å². The van der Waals surface area contributed by atoms with Gasteiger partial charge in [0.05, 0.1) is 90.0 Å². The Hall–Kier alpha value is -9.03. The van der Waals surface area contributed by atoms with Crippen LogP contribution >= 0.6 is 0 Å². The van der Waals surface area contributed by atoms with E-state index in [4.69, 9.17) is 56.9 Å². The molecule has 0 spiro atoms. The average molecular weight is 1650 g/mol. The number of aromatic nitrogens is 3. The highest BCUT2D eigenvalue weighted by Crippen LogP contribution is 2.31. The van der Waals surface area contributed by atoms with Crippen molar-refractivity contribution in [1.29, 1.82) is 0 Å². The first-order chi connectivity index (χ1) is 54.0. The van der Waals surface area contributed by atoms with Crippen LogP contribution in [0, 0.1) is 104 Å². The van der Waals surface area contributed by atoms with Crippen molar-refractivity contribution < 1.29 is 134 Å². The van der Waals surface area contributed by atoms with E-state index in [1.165, 1.54) is 60.9 Å². The lowest BCUT2D eigenvalue weighted by Gasteiger charge is -2.27. The second-order valence-electron chi connectivity index (χ2n) is 30.7. The highest BCUT2D eigenvalue weighted by molar-refractivity contribution is 6.01. The smallest absolute Gasteiger partial charge is 0.309 e. The lowest BCUT2D eigenvalue weighted by molar-refractivity contribution is -0.149. The number of aliphatic hydroxyl groups excluding tert-OH is 1. The highest BCUT2D eigenvalue weighted by Gasteiger charge is 2.50. The Morgan fingerprint density at radius 3 is 0.931 bits per heavy atom. The number of carbonyl (C=O) groups excluding carboxylic acids is 12. The predicted molar refractivity (Wildman–Crippen MR) is 424 cm³/mol. The molecule has 116 heavy (non-hydrogen) atoms. The lowest BCUT2D eigenvalue weighted by atomic mass is 9.86. The van der Waals surface area contributed by atoms with Gasteiger partial charge in [-0.25, -0.2) is 0 Å². The first-order valence-electron chi connectivity index (χ1n) is 38.4. The van der Waals surface area contributed by atoms with E-state index in [0.29, 0.717) is 42.8 Å². The van der Waals surface area contributed by atoms with Crippen molar-refractivity contribution in [3.8, 4) is 0 Å². The van der Waals surface area contributed by atoms with Crippen molar-refractivity contribution >= 4 is 82.4 Å². The quantitative estimate of drug-likeness (QED) is 0.0160. The average Bonchev–Trinajstić information content (AvgIpc) is 1.64. The molecule has 0 saturated carbocycles. The maximum absolute atomic E-state index is 13.2. The number of esters is 3. The summed E-state index contributed by atoms with van der Waals surface area (Å²) >= 11 is 0. The van der Waals surface area contributed by atoms with Gasteiger partial charge in [0.2, 0.25) is 5.91 Å². The third kappa shape index (κ3) is 42.7. The van der Waals surface area contributed by atoms with E-state index in [-0.39, 0.29) is 163 Å². The molecule has 35 nitrogen and oxygen atoms in total. The van der Waals surface area contributed by atoms with Crippen molar-refractivity contribution in [2.75, 3.05) is 89.9 Å². The van der Waals surface area contributed by atoms with E-state index in [0.717, 1.165) is 7.11 Å². The summed E-state index contributed by atoms with van der Waals surface area (Å²) in [5.74, 6) is -6.78. The summed E-state index contributed by atoms with van der Waals surface area (Å²) in [5, 5.41) is 45.9. The summed E-state index contributed by atoms with van der Waals surface area (Å²) in [7, 11) is 10.8. The largest absolute Gasteiger partial charge is 0.481 e. The van der Waals surface area contributed by atoms with E-state index < -0.39 is 88.9 Å². The van der Waals surface area contributed by atoms with Gasteiger partial charge in [-0.1, -0.05) is 133 Å². The van der Waals surface area contributed by atoms with Gasteiger partial charge in [-0.05, 0) is 75.5 Å². The number of carboxylic acid groups (broad SMARTS) is 2. The molecular formula is C81H135N7O28. The zero-order chi connectivity index (χ0) is 90.4. The minimum absolute atomic E-state index is 0.00655. The number of methoxy groups -OCH3 is 7. The van der Waals surface area contributed by atoms with Gasteiger partial charge in [0.15, 0.2) is 40.2 Å². The van der Waals surface area contributed by atoms with Crippen molar-refractivity contribution in [2.24, 2.45) is 82.9 Å². The fourth-order valence-corrected chi connectivity index (χ4v) is 10.2. The second kappa shape index (κ2) is 57.9. The molecule has 4 heterocycles. The van der Waals surface area contributed by atoms with Gasteiger partial charge in [0, 0.05) is 91.3 Å². The van der Waals surface area contributed by atoms with Crippen LogP contribution in [-0.2, 0) is 90.6 Å². The van der Waals surface area contributed by atoms with E-state index in [2.05, 4.69) is 41.5 Å². The highest BCUT2D eigenvalue weighted by atomic mass is 16.6. The zero-order valence-corrected chi connectivity index (χ0v) is 73.6. The maximum Gasteiger partial charge on any atom is 0.309 e. The number of epoxide rings is 1. The van der Waals surface area contributed by atoms with Gasteiger partial charge in [0.1, 0.15) is 46.8 Å². The SMILES string of the molecule is CC(C)[C@H](C)C(=O)O.CO.COC(=O)[C@@H](C)C(C)C.COC[C@H](C)C(=O)CC(C(=O)OC)C(C)C.COC[C@H](NC(=O)c1cc(C)on1)C(=O)C[C@H](C(=O)N[C@@H](CC(C)C)C(=O)[C@@]1(C)CO1)C(C)C.COC[C@H](NC(=O)c1cc(C)on1)C(=O)C[C@H](C(=O)O)C(C)C.COC[C@H](NC(=O)c1cc(C)on1)C(=O)C[C@H](C(=O)OC)C(C)C.